The number of aliphatic imine (C=N–C) groups is 1. The standard InChI is InChI=1S/C21H14F3N3O/c22-21(23,24)15-7-3-5-13(11-15)17-12-14-6-4-8-16(19(14)26-17)20(28)27-18-9-1-2-10-25-18/h1-11H,12H2,(H,25,27,28). The van der Waals surface area contributed by atoms with E-state index in [9.17, 15) is 18.0 Å². The number of fused-ring (bicyclic) bond motifs is 1. The van der Waals surface area contributed by atoms with E-state index in [0.29, 0.717) is 34.8 Å². The van der Waals surface area contributed by atoms with Gasteiger partial charge in [-0.05, 0) is 41.5 Å². The van der Waals surface area contributed by atoms with Gasteiger partial charge in [-0.25, -0.2) is 4.98 Å². The maximum Gasteiger partial charge on any atom is 0.416 e. The molecule has 0 spiro atoms. The van der Waals surface area contributed by atoms with Crippen LogP contribution >= 0.6 is 0 Å². The number of anilines is 1. The molecule has 1 aliphatic heterocycles. The normalized spacial score (nSPS) is 13.0. The van der Waals surface area contributed by atoms with Gasteiger partial charge >= 0.3 is 6.18 Å². The fourth-order valence-corrected chi connectivity index (χ4v) is 3.07. The van der Waals surface area contributed by atoms with Gasteiger partial charge in [-0.1, -0.05) is 30.3 Å². The highest BCUT2D eigenvalue weighted by atomic mass is 19.4. The van der Waals surface area contributed by atoms with E-state index in [1.807, 2.05) is 6.07 Å². The number of halogens is 3. The minimum absolute atomic E-state index is 0.352. The third-order valence-electron chi connectivity index (χ3n) is 4.40. The van der Waals surface area contributed by atoms with Crippen LogP contribution in [0.15, 0.2) is 71.9 Å². The van der Waals surface area contributed by atoms with Gasteiger partial charge < -0.3 is 5.32 Å². The maximum absolute atomic E-state index is 13.0. The van der Waals surface area contributed by atoms with Crippen LogP contribution < -0.4 is 5.32 Å². The van der Waals surface area contributed by atoms with Crippen molar-refractivity contribution < 1.29 is 18.0 Å². The Kier molecular flexibility index (Phi) is 4.43. The largest absolute Gasteiger partial charge is 0.416 e. The number of nitrogens with one attached hydrogen (secondary N) is 1. The predicted octanol–water partition coefficient (Wildman–Crippen LogP) is 5.03. The Morgan fingerprint density at radius 1 is 1.00 bits per heavy atom. The van der Waals surface area contributed by atoms with Gasteiger partial charge in [0.2, 0.25) is 0 Å². The molecule has 0 aliphatic carbocycles. The van der Waals surface area contributed by atoms with Crippen molar-refractivity contribution in [2.75, 3.05) is 5.32 Å². The molecule has 3 aromatic rings. The molecule has 0 atom stereocenters. The van der Waals surface area contributed by atoms with Gasteiger partial charge in [0.1, 0.15) is 5.82 Å². The lowest BCUT2D eigenvalue weighted by molar-refractivity contribution is -0.137. The highest BCUT2D eigenvalue weighted by molar-refractivity contribution is 6.13. The number of alkyl halides is 3. The van der Waals surface area contributed by atoms with Crippen LogP contribution in [0, 0.1) is 0 Å². The molecule has 4 rings (SSSR count). The second kappa shape index (κ2) is 6.92. The highest BCUT2D eigenvalue weighted by Gasteiger charge is 2.31. The monoisotopic (exact) mass is 381 g/mol. The molecule has 2 aromatic carbocycles. The van der Waals surface area contributed by atoms with Gasteiger partial charge in [0.25, 0.3) is 5.91 Å². The van der Waals surface area contributed by atoms with E-state index in [2.05, 4.69) is 15.3 Å². The van der Waals surface area contributed by atoms with Crippen LogP contribution in [0.25, 0.3) is 0 Å². The second-order valence-electron chi connectivity index (χ2n) is 6.30. The minimum Gasteiger partial charge on any atom is -0.306 e. The molecule has 2 heterocycles. The van der Waals surface area contributed by atoms with Gasteiger partial charge in [0, 0.05) is 12.6 Å². The molecule has 0 radical (unpaired) electrons. The first-order valence-electron chi connectivity index (χ1n) is 8.51. The number of para-hydroxylation sites is 1. The van der Waals surface area contributed by atoms with Crippen molar-refractivity contribution in [2.45, 2.75) is 12.6 Å². The van der Waals surface area contributed by atoms with E-state index < -0.39 is 11.7 Å². The molecule has 1 aliphatic rings. The van der Waals surface area contributed by atoms with Gasteiger partial charge in [0.05, 0.1) is 22.5 Å². The Labute approximate surface area is 158 Å². The molecule has 7 heteroatoms. The summed E-state index contributed by atoms with van der Waals surface area (Å²) in [7, 11) is 0. The van der Waals surface area contributed by atoms with Crippen LogP contribution in [-0.4, -0.2) is 16.6 Å². The van der Waals surface area contributed by atoms with E-state index in [-0.39, 0.29) is 5.91 Å². The smallest absolute Gasteiger partial charge is 0.306 e. The molecular formula is C21H14F3N3O. The molecule has 0 fully saturated rings. The van der Waals surface area contributed by atoms with Crippen molar-refractivity contribution in [3.63, 3.8) is 0 Å². The maximum atomic E-state index is 13.0. The van der Waals surface area contributed by atoms with Crippen molar-refractivity contribution in [1.29, 1.82) is 0 Å². The molecule has 1 N–H and O–H groups in total. The molecule has 0 saturated carbocycles. The summed E-state index contributed by atoms with van der Waals surface area (Å²) < 4.78 is 39.0. The van der Waals surface area contributed by atoms with Crippen molar-refractivity contribution in [1.82, 2.24) is 4.98 Å². The third-order valence-corrected chi connectivity index (χ3v) is 4.40. The quantitative estimate of drug-likeness (QED) is 0.692. The number of rotatable bonds is 3. The SMILES string of the molecule is O=C(Nc1ccccn1)c1cccc2c1N=C(c1cccc(C(F)(F)F)c1)C2. The lowest BCUT2D eigenvalue weighted by Gasteiger charge is -2.08. The number of pyridine rings is 1. The van der Waals surface area contributed by atoms with Crippen LogP contribution in [0.4, 0.5) is 24.7 Å². The van der Waals surface area contributed by atoms with Gasteiger partial charge in [-0.3, -0.25) is 9.79 Å². The van der Waals surface area contributed by atoms with Crippen LogP contribution in [-0.2, 0) is 12.6 Å². The fourth-order valence-electron chi connectivity index (χ4n) is 3.07. The summed E-state index contributed by atoms with van der Waals surface area (Å²) in [6.07, 6.45) is -2.49. The molecule has 1 aromatic heterocycles. The first-order valence-corrected chi connectivity index (χ1v) is 8.51. The van der Waals surface area contributed by atoms with Crippen LogP contribution in [0.3, 0.4) is 0 Å². The van der Waals surface area contributed by atoms with Crippen LogP contribution in [0.2, 0.25) is 0 Å². The van der Waals surface area contributed by atoms with Crippen molar-refractivity contribution >= 4 is 23.1 Å². The Bertz CT molecular complexity index is 1080. The van der Waals surface area contributed by atoms with Crippen LogP contribution in [0.5, 0.6) is 0 Å². The van der Waals surface area contributed by atoms with Crippen molar-refractivity contribution in [2.24, 2.45) is 4.99 Å². The molecule has 4 nitrogen and oxygen atoms in total. The molecule has 0 unspecified atom stereocenters. The summed E-state index contributed by atoms with van der Waals surface area (Å²) in [6, 6.07) is 15.4. The summed E-state index contributed by atoms with van der Waals surface area (Å²) in [6.45, 7) is 0. The summed E-state index contributed by atoms with van der Waals surface area (Å²) in [4.78, 5) is 21.2. The number of hydrogen-bond acceptors (Lipinski definition) is 3. The summed E-state index contributed by atoms with van der Waals surface area (Å²) in [5.41, 5.74) is 1.78. The van der Waals surface area contributed by atoms with E-state index in [1.54, 1.807) is 42.6 Å². The highest BCUT2D eigenvalue weighted by Crippen LogP contribution is 2.35. The lowest BCUT2D eigenvalue weighted by atomic mass is 10.0. The number of aromatic nitrogens is 1. The predicted molar refractivity (Wildman–Crippen MR) is 100.0 cm³/mol. The van der Waals surface area contributed by atoms with E-state index in [0.717, 1.165) is 17.7 Å². The minimum atomic E-state index is -4.42. The van der Waals surface area contributed by atoms with E-state index >= 15 is 0 Å². The Hall–Kier alpha value is -3.48. The number of carbonyl (C=O) groups is 1. The Morgan fingerprint density at radius 2 is 1.82 bits per heavy atom. The van der Waals surface area contributed by atoms with E-state index in [4.69, 9.17) is 0 Å². The first kappa shape index (κ1) is 17.9. The number of amides is 1. The zero-order valence-corrected chi connectivity index (χ0v) is 14.5. The van der Waals surface area contributed by atoms with Gasteiger partial charge in [-0.2, -0.15) is 13.2 Å². The molecular weight excluding hydrogens is 367 g/mol. The number of carbonyl (C=O) groups excluding carboxylic acids is 1. The van der Waals surface area contributed by atoms with Crippen LogP contribution in [0.1, 0.15) is 27.0 Å². The third kappa shape index (κ3) is 3.51. The van der Waals surface area contributed by atoms with E-state index in [1.165, 1.54) is 6.07 Å². The molecule has 0 bridgehead atoms. The zero-order chi connectivity index (χ0) is 19.7. The Balaban J connectivity index is 1.66. The van der Waals surface area contributed by atoms with Crippen molar-refractivity contribution in [3.05, 3.63) is 89.1 Å². The summed E-state index contributed by atoms with van der Waals surface area (Å²) in [5.74, 6) is 0.0368. The molecule has 1 amide bonds. The van der Waals surface area contributed by atoms with Crippen molar-refractivity contribution in [3.8, 4) is 0 Å². The average molecular weight is 381 g/mol. The molecule has 0 saturated heterocycles. The topological polar surface area (TPSA) is 54.4 Å². The summed E-state index contributed by atoms with van der Waals surface area (Å²) >= 11 is 0. The lowest BCUT2D eigenvalue weighted by Crippen LogP contribution is -2.13. The molecule has 28 heavy (non-hydrogen) atoms. The number of benzene rings is 2. The zero-order valence-electron chi connectivity index (χ0n) is 14.5. The average Bonchev–Trinajstić information content (AvgIpc) is 3.12. The fraction of sp³-hybridized carbons (Fsp3) is 0.0952. The number of hydrogen-bond donors (Lipinski definition) is 1. The first-order chi connectivity index (χ1) is 13.4. The molecule has 140 valence electrons. The number of nitrogens with zero attached hydrogens (tertiary/aromatic N) is 2. The Morgan fingerprint density at radius 3 is 2.57 bits per heavy atom. The summed E-state index contributed by atoms with van der Waals surface area (Å²) in [5, 5.41) is 2.70. The second-order valence-corrected chi connectivity index (χ2v) is 6.30. The van der Waals surface area contributed by atoms with Gasteiger partial charge in [0.15, 0.2) is 0 Å². The van der Waals surface area contributed by atoms with Gasteiger partial charge in [-0.15, -0.1) is 0 Å².